The van der Waals surface area contributed by atoms with E-state index in [-0.39, 0.29) is 17.9 Å². The molecule has 7 nitrogen and oxygen atoms in total. The fourth-order valence-electron chi connectivity index (χ4n) is 3.38. The Morgan fingerprint density at radius 2 is 1.86 bits per heavy atom. The highest BCUT2D eigenvalue weighted by molar-refractivity contribution is 5.96. The smallest absolute Gasteiger partial charge is 0.311 e. The van der Waals surface area contributed by atoms with Crippen LogP contribution in [-0.2, 0) is 14.9 Å². The highest BCUT2D eigenvalue weighted by atomic mass is 16.5. The van der Waals surface area contributed by atoms with Gasteiger partial charge in [0.15, 0.2) is 0 Å². The van der Waals surface area contributed by atoms with Crippen LogP contribution in [0.3, 0.4) is 0 Å². The minimum atomic E-state index is -0.981. The number of carboxylic acids is 1. The molecule has 0 saturated carbocycles. The molecule has 1 saturated heterocycles. The van der Waals surface area contributed by atoms with Crippen molar-refractivity contribution in [1.29, 1.82) is 0 Å². The van der Waals surface area contributed by atoms with E-state index in [0.717, 1.165) is 5.69 Å². The Bertz CT molecular complexity index is 846. The third-order valence-electron chi connectivity index (χ3n) is 5.18. The summed E-state index contributed by atoms with van der Waals surface area (Å²) in [6.45, 7) is 6.85. The van der Waals surface area contributed by atoms with Crippen molar-refractivity contribution >= 4 is 11.9 Å². The Morgan fingerprint density at radius 3 is 2.43 bits per heavy atom. The lowest BCUT2D eigenvalue weighted by Crippen LogP contribution is -2.46. The average Bonchev–Trinajstić information content (AvgIpc) is 3.13. The van der Waals surface area contributed by atoms with Crippen LogP contribution in [0.4, 0.5) is 0 Å². The van der Waals surface area contributed by atoms with E-state index in [9.17, 15) is 14.7 Å². The Hall–Kier alpha value is -2.67. The second-order valence-corrected chi connectivity index (χ2v) is 8.30. The van der Waals surface area contributed by atoms with Crippen LogP contribution in [0.2, 0.25) is 0 Å². The van der Waals surface area contributed by atoms with Gasteiger partial charge in [-0.15, -0.1) is 0 Å². The number of nitrogens with zero attached hydrogens (tertiary/aromatic N) is 2. The van der Waals surface area contributed by atoms with Crippen molar-refractivity contribution < 1.29 is 19.4 Å². The minimum absolute atomic E-state index is 0.0740. The van der Waals surface area contributed by atoms with Gasteiger partial charge < -0.3 is 15.2 Å². The zero-order chi connectivity index (χ0) is 20.4. The van der Waals surface area contributed by atoms with Crippen molar-refractivity contribution in [3.05, 3.63) is 47.8 Å². The van der Waals surface area contributed by atoms with E-state index < -0.39 is 11.4 Å². The molecule has 0 spiro atoms. The SMILES string of the molecule is CC(C)(C)c1nn(-c2ccccc2)cc1C(=O)NCC1(C(=O)O)CCOCC1. The van der Waals surface area contributed by atoms with Gasteiger partial charge in [-0.25, -0.2) is 4.68 Å². The second kappa shape index (κ2) is 7.75. The second-order valence-electron chi connectivity index (χ2n) is 8.30. The first-order chi connectivity index (χ1) is 13.2. The number of hydrogen-bond acceptors (Lipinski definition) is 4. The first-order valence-corrected chi connectivity index (χ1v) is 9.48. The third-order valence-corrected chi connectivity index (χ3v) is 5.18. The molecule has 0 bridgehead atoms. The van der Waals surface area contributed by atoms with Crippen molar-refractivity contribution in [3.63, 3.8) is 0 Å². The number of para-hydroxylation sites is 1. The lowest BCUT2D eigenvalue weighted by atomic mass is 9.80. The number of benzene rings is 1. The molecule has 150 valence electrons. The summed E-state index contributed by atoms with van der Waals surface area (Å²) in [6.07, 6.45) is 2.48. The van der Waals surface area contributed by atoms with Gasteiger partial charge in [0, 0.05) is 31.4 Å². The fraction of sp³-hybridized carbons (Fsp3) is 0.476. The molecule has 0 aliphatic carbocycles. The summed E-state index contributed by atoms with van der Waals surface area (Å²) in [5, 5.41) is 17.2. The number of nitrogens with one attached hydrogen (secondary N) is 1. The van der Waals surface area contributed by atoms with E-state index >= 15 is 0 Å². The highest BCUT2D eigenvalue weighted by Crippen LogP contribution is 2.31. The molecule has 2 aromatic rings. The number of rotatable bonds is 5. The maximum atomic E-state index is 13.0. The predicted octanol–water partition coefficient (Wildman–Crippen LogP) is 2.78. The molecule has 1 aromatic heterocycles. The Labute approximate surface area is 164 Å². The van der Waals surface area contributed by atoms with E-state index in [2.05, 4.69) is 10.4 Å². The zero-order valence-electron chi connectivity index (χ0n) is 16.6. The van der Waals surface area contributed by atoms with Gasteiger partial charge in [-0.2, -0.15) is 5.10 Å². The Morgan fingerprint density at radius 1 is 1.21 bits per heavy atom. The molecule has 28 heavy (non-hydrogen) atoms. The predicted molar refractivity (Wildman–Crippen MR) is 105 cm³/mol. The van der Waals surface area contributed by atoms with Crippen molar-refractivity contribution in [2.75, 3.05) is 19.8 Å². The Balaban J connectivity index is 1.86. The molecule has 0 unspecified atom stereocenters. The molecule has 3 rings (SSSR count). The Kier molecular flexibility index (Phi) is 5.56. The third kappa shape index (κ3) is 4.09. The van der Waals surface area contributed by atoms with E-state index in [1.54, 1.807) is 10.9 Å². The number of aromatic nitrogens is 2. The number of carbonyl (C=O) groups excluding carboxylic acids is 1. The number of hydrogen-bond donors (Lipinski definition) is 2. The molecule has 2 heterocycles. The largest absolute Gasteiger partial charge is 0.481 e. The van der Waals surface area contributed by atoms with Crippen LogP contribution >= 0.6 is 0 Å². The van der Waals surface area contributed by atoms with Gasteiger partial charge >= 0.3 is 5.97 Å². The number of amides is 1. The van der Waals surface area contributed by atoms with Crippen LogP contribution in [0.25, 0.3) is 5.69 Å². The van der Waals surface area contributed by atoms with Gasteiger partial charge in [-0.3, -0.25) is 9.59 Å². The van der Waals surface area contributed by atoms with Crippen molar-refractivity contribution in [2.45, 2.75) is 39.0 Å². The van der Waals surface area contributed by atoms with Crippen LogP contribution in [0, 0.1) is 5.41 Å². The normalized spacial score (nSPS) is 16.5. The molecule has 1 aliphatic rings. The summed E-state index contributed by atoms with van der Waals surface area (Å²) in [5.74, 6) is -1.20. The van der Waals surface area contributed by atoms with Gasteiger partial charge in [0.05, 0.1) is 22.4 Å². The fourth-order valence-corrected chi connectivity index (χ4v) is 3.38. The quantitative estimate of drug-likeness (QED) is 0.825. The van der Waals surface area contributed by atoms with Crippen LogP contribution in [-0.4, -0.2) is 46.5 Å². The van der Waals surface area contributed by atoms with Gasteiger partial charge in [0.2, 0.25) is 0 Å². The molecule has 1 aliphatic heterocycles. The van der Waals surface area contributed by atoms with E-state index in [0.29, 0.717) is 37.3 Å². The molecule has 2 N–H and O–H groups in total. The summed E-state index contributed by atoms with van der Waals surface area (Å²) in [7, 11) is 0. The van der Waals surface area contributed by atoms with Crippen molar-refractivity contribution in [1.82, 2.24) is 15.1 Å². The van der Waals surface area contributed by atoms with Crippen molar-refractivity contribution in [2.24, 2.45) is 5.41 Å². The zero-order valence-corrected chi connectivity index (χ0v) is 16.6. The molecule has 1 aromatic carbocycles. The molecule has 7 heteroatoms. The summed E-state index contributed by atoms with van der Waals surface area (Å²) >= 11 is 0. The standard InChI is InChI=1S/C21H27N3O4/c1-20(2,3)17-16(13-24(23-17)15-7-5-4-6-8-15)18(25)22-14-21(19(26)27)9-11-28-12-10-21/h4-8,13H,9-12,14H2,1-3H3,(H,22,25)(H,26,27). The summed E-state index contributed by atoms with van der Waals surface area (Å²) in [4.78, 5) is 24.8. The van der Waals surface area contributed by atoms with Gasteiger partial charge in [0.1, 0.15) is 0 Å². The summed E-state index contributed by atoms with van der Waals surface area (Å²) in [6, 6.07) is 9.58. The molecular weight excluding hydrogens is 358 g/mol. The number of aliphatic carboxylic acids is 1. The molecule has 1 amide bonds. The van der Waals surface area contributed by atoms with Crippen LogP contribution < -0.4 is 5.32 Å². The number of carboxylic acid groups (broad SMARTS) is 1. The van der Waals surface area contributed by atoms with Gasteiger partial charge in [-0.1, -0.05) is 39.0 Å². The highest BCUT2D eigenvalue weighted by Gasteiger charge is 2.41. The van der Waals surface area contributed by atoms with Crippen molar-refractivity contribution in [3.8, 4) is 5.69 Å². The lowest BCUT2D eigenvalue weighted by molar-refractivity contribution is -0.154. The van der Waals surface area contributed by atoms with E-state index in [1.165, 1.54) is 0 Å². The summed E-state index contributed by atoms with van der Waals surface area (Å²) < 4.78 is 6.98. The maximum Gasteiger partial charge on any atom is 0.311 e. The first-order valence-electron chi connectivity index (χ1n) is 9.48. The molecule has 1 fully saturated rings. The van der Waals surface area contributed by atoms with Gasteiger partial charge in [0.25, 0.3) is 5.91 Å². The minimum Gasteiger partial charge on any atom is -0.481 e. The van der Waals surface area contributed by atoms with Gasteiger partial charge in [-0.05, 0) is 25.0 Å². The maximum absolute atomic E-state index is 13.0. The monoisotopic (exact) mass is 385 g/mol. The average molecular weight is 385 g/mol. The topological polar surface area (TPSA) is 93.5 Å². The number of ether oxygens (including phenoxy) is 1. The van der Waals surface area contributed by atoms with Crippen LogP contribution in [0.5, 0.6) is 0 Å². The van der Waals surface area contributed by atoms with Crippen LogP contribution in [0.1, 0.15) is 49.7 Å². The first kappa shape index (κ1) is 20.1. The molecule has 0 atom stereocenters. The molecule has 0 radical (unpaired) electrons. The number of carbonyl (C=O) groups is 2. The molecular formula is C21H27N3O4. The summed E-state index contributed by atoms with van der Waals surface area (Å²) in [5.41, 5.74) is 0.675. The lowest BCUT2D eigenvalue weighted by Gasteiger charge is -2.33. The van der Waals surface area contributed by atoms with E-state index in [1.807, 2.05) is 51.1 Å². The van der Waals surface area contributed by atoms with Crippen LogP contribution in [0.15, 0.2) is 36.5 Å². The van der Waals surface area contributed by atoms with E-state index in [4.69, 9.17) is 4.74 Å².